The molecule has 136 valence electrons. The van der Waals surface area contributed by atoms with Crippen LogP contribution in [0, 0.1) is 12.8 Å². The van der Waals surface area contributed by atoms with Crippen LogP contribution < -0.4 is 5.32 Å². The first kappa shape index (κ1) is 18.5. The summed E-state index contributed by atoms with van der Waals surface area (Å²) in [6.07, 6.45) is 0. The number of hydrogen-bond donors (Lipinski definition) is 1. The van der Waals surface area contributed by atoms with Crippen molar-refractivity contribution in [2.45, 2.75) is 32.5 Å². The van der Waals surface area contributed by atoms with Gasteiger partial charge in [-0.15, -0.1) is 16.4 Å². The fourth-order valence-electron chi connectivity index (χ4n) is 2.34. The van der Waals surface area contributed by atoms with Gasteiger partial charge in [0, 0.05) is 23.2 Å². The van der Waals surface area contributed by atoms with Crippen molar-refractivity contribution in [1.29, 1.82) is 0 Å². The van der Waals surface area contributed by atoms with Crippen LogP contribution in [0.4, 0.5) is 5.69 Å². The van der Waals surface area contributed by atoms with E-state index in [1.807, 2.05) is 36.6 Å². The summed E-state index contributed by atoms with van der Waals surface area (Å²) in [5, 5.41) is 18.2. The first-order valence-electron chi connectivity index (χ1n) is 8.22. The minimum Gasteiger partial charge on any atom is -0.325 e. The van der Waals surface area contributed by atoms with Gasteiger partial charge in [0.25, 0.3) is 0 Å². The first-order chi connectivity index (χ1) is 12.5. The summed E-state index contributed by atoms with van der Waals surface area (Å²) in [6, 6.07) is 7.70. The molecule has 0 saturated heterocycles. The van der Waals surface area contributed by atoms with E-state index in [2.05, 4.69) is 39.7 Å². The second-order valence-electron chi connectivity index (χ2n) is 6.21. The quantitative estimate of drug-likeness (QED) is 0.624. The van der Waals surface area contributed by atoms with Gasteiger partial charge in [-0.1, -0.05) is 37.7 Å². The van der Waals surface area contributed by atoms with Crippen LogP contribution in [0.1, 0.15) is 18.9 Å². The number of thiazole rings is 1. The highest BCUT2D eigenvalue weighted by Gasteiger charge is 2.12. The number of aromatic nitrogens is 5. The van der Waals surface area contributed by atoms with Gasteiger partial charge in [-0.05, 0) is 35.4 Å². The van der Waals surface area contributed by atoms with Crippen LogP contribution >= 0.6 is 23.1 Å². The summed E-state index contributed by atoms with van der Waals surface area (Å²) in [7, 11) is 0. The largest absolute Gasteiger partial charge is 0.325 e. The average molecular weight is 389 g/mol. The van der Waals surface area contributed by atoms with E-state index in [-0.39, 0.29) is 11.7 Å². The maximum Gasteiger partial charge on any atom is 0.234 e. The van der Waals surface area contributed by atoms with Gasteiger partial charge in [0.2, 0.25) is 11.1 Å². The van der Waals surface area contributed by atoms with Crippen molar-refractivity contribution in [2.24, 2.45) is 5.92 Å². The summed E-state index contributed by atoms with van der Waals surface area (Å²) < 4.78 is 1.73. The average Bonchev–Trinajstić information content (AvgIpc) is 3.22. The number of rotatable bonds is 7. The lowest BCUT2D eigenvalue weighted by Crippen LogP contribution is -2.15. The van der Waals surface area contributed by atoms with E-state index in [0.29, 0.717) is 11.1 Å². The number of nitrogens with one attached hydrogen (secondary N) is 1. The topological polar surface area (TPSA) is 85.6 Å². The van der Waals surface area contributed by atoms with Crippen molar-refractivity contribution in [3.8, 4) is 11.3 Å². The highest BCUT2D eigenvalue weighted by Crippen LogP contribution is 2.24. The zero-order chi connectivity index (χ0) is 18.5. The van der Waals surface area contributed by atoms with E-state index >= 15 is 0 Å². The number of tetrazole rings is 1. The number of aryl methyl sites for hydroxylation is 1. The molecular weight excluding hydrogens is 368 g/mol. The molecule has 0 atom stereocenters. The van der Waals surface area contributed by atoms with Crippen molar-refractivity contribution in [1.82, 2.24) is 25.2 Å². The molecule has 1 aromatic carbocycles. The van der Waals surface area contributed by atoms with Crippen LogP contribution in [0.15, 0.2) is 34.8 Å². The van der Waals surface area contributed by atoms with Gasteiger partial charge in [-0.3, -0.25) is 4.79 Å². The lowest BCUT2D eigenvalue weighted by molar-refractivity contribution is -0.113. The SMILES string of the molecule is Cc1nc(-c2cccc(NC(=O)CSc3nnnn3CC(C)C)c2)cs1. The zero-order valence-electron chi connectivity index (χ0n) is 14.8. The Morgan fingerprint density at radius 3 is 2.96 bits per heavy atom. The van der Waals surface area contributed by atoms with E-state index < -0.39 is 0 Å². The van der Waals surface area contributed by atoms with Gasteiger partial charge in [-0.25, -0.2) is 9.67 Å². The maximum atomic E-state index is 12.3. The highest BCUT2D eigenvalue weighted by atomic mass is 32.2. The van der Waals surface area contributed by atoms with Crippen LogP contribution in [-0.4, -0.2) is 36.9 Å². The van der Waals surface area contributed by atoms with Crippen molar-refractivity contribution >= 4 is 34.7 Å². The van der Waals surface area contributed by atoms with Crippen LogP contribution in [0.2, 0.25) is 0 Å². The predicted octanol–water partition coefficient (Wildman–Crippen LogP) is 3.49. The van der Waals surface area contributed by atoms with E-state index in [1.54, 1.807) is 16.0 Å². The molecule has 0 aliphatic heterocycles. The van der Waals surface area contributed by atoms with Gasteiger partial charge in [-0.2, -0.15) is 0 Å². The van der Waals surface area contributed by atoms with Gasteiger partial charge in [0.1, 0.15) is 0 Å². The van der Waals surface area contributed by atoms with Gasteiger partial charge < -0.3 is 5.32 Å². The number of carbonyl (C=O) groups excluding carboxylic acids is 1. The summed E-state index contributed by atoms with van der Waals surface area (Å²) >= 11 is 2.94. The minimum absolute atomic E-state index is 0.0966. The minimum atomic E-state index is -0.0966. The van der Waals surface area contributed by atoms with E-state index in [4.69, 9.17) is 0 Å². The van der Waals surface area contributed by atoms with Crippen LogP contribution in [0.3, 0.4) is 0 Å². The zero-order valence-corrected chi connectivity index (χ0v) is 16.5. The number of amides is 1. The Bertz CT molecular complexity index is 889. The molecular formula is C17H20N6OS2. The molecule has 2 aromatic heterocycles. The van der Waals surface area contributed by atoms with E-state index in [0.717, 1.165) is 28.5 Å². The number of anilines is 1. The third kappa shape index (κ3) is 4.89. The second kappa shape index (κ2) is 8.41. The van der Waals surface area contributed by atoms with E-state index in [9.17, 15) is 4.79 Å². The number of hydrogen-bond acceptors (Lipinski definition) is 7. The van der Waals surface area contributed by atoms with Crippen LogP contribution in [-0.2, 0) is 11.3 Å². The molecule has 9 heteroatoms. The number of benzene rings is 1. The third-order valence-corrected chi connectivity index (χ3v) is 5.16. The molecule has 3 aromatic rings. The smallest absolute Gasteiger partial charge is 0.234 e. The molecule has 2 heterocycles. The normalized spacial score (nSPS) is 11.1. The molecule has 1 N–H and O–H groups in total. The number of thioether (sulfide) groups is 1. The Labute approximate surface area is 160 Å². The Balaban J connectivity index is 1.59. The molecule has 0 saturated carbocycles. The fraction of sp³-hybridized carbons (Fsp3) is 0.353. The lowest BCUT2D eigenvalue weighted by atomic mass is 10.1. The Hall–Kier alpha value is -2.26. The lowest BCUT2D eigenvalue weighted by Gasteiger charge is -2.08. The molecule has 0 aliphatic carbocycles. The van der Waals surface area contributed by atoms with Crippen molar-refractivity contribution in [3.05, 3.63) is 34.7 Å². The summed E-state index contributed by atoms with van der Waals surface area (Å²) in [5.74, 6) is 0.586. The van der Waals surface area contributed by atoms with Crippen molar-refractivity contribution < 1.29 is 4.79 Å². The molecule has 0 aliphatic rings. The Morgan fingerprint density at radius 1 is 1.38 bits per heavy atom. The monoisotopic (exact) mass is 388 g/mol. The van der Waals surface area contributed by atoms with Gasteiger partial charge >= 0.3 is 0 Å². The predicted molar refractivity (Wildman–Crippen MR) is 104 cm³/mol. The second-order valence-corrected chi connectivity index (χ2v) is 8.21. The van der Waals surface area contributed by atoms with E-state index in [1.165, 1.54) is 11.8 Å². The van der Waals surface area contributed by atoms with Gasteiger partial charge in [0.15, 0.2) is 0 Å². The Morgan fingerprint density at radius 2 is 2.23 bits per heavy atom. The molecule has 7 nitrogen and oxygen atoms in total. The molecule has 1 amide bonds. The fourth-order valence-corrected chi connectivity index (χ4v) is 3.65. The summed E-state index contributed by atoms with van der Waals surface area (Å²) in [6.45, 7) is 6.90. The molecule has 0 unspecified atom stereocenters. The molecule has 0 bridgehead atoms. The molecule has 0 spiro atoms. The summed E-state index contributed by atoms with van der Waals surface area (Å²) in [5.41, 5.74) is 2.66. The highest BCUT2D eigenvalue weighted by molar-refractivity contribution is 7.99. The molecule has 0 fully saturated rings. The van der Waals surface area contributed by atoms with Gasteiger partial charge in [0.05, 0.1) is 16.5 Å². The molecule has 3 rings (SSSR count). The molecule has 0 radical (unpaired) electrons. The Kier molecular flexibility index (Phi) is 6.00. The molecule has 26 heavy (non-hydrogen) atoms. The number of nitrogens with zero attached hydrogens (tertiary/aromatic N) is 5. The third-order valence-electron chi connectivity index (χ3n) is 3.43. The van der Waals surface area contributed by atoms with Crippen molar-refractivity contribution in [3.63, 3.8) is 0 Å². The van der Waals surface area contributed by atoms with Crippen LogP contribution in [0.5, 0.6) is 0 Å². The van der Waals surface area contributed by atoms with Crippen molar-refractivity contribution in [2.75, 3.05) is 11.1 Å². The van der Waals surface area contributed by atoms with Crippen LogP contribution in [0.25, 0.3) is 11.3 Å². The maximum absolute atomic E-state index is 12.3. The summed E-state index contributed by atoms with van der Waals surface area (Å²) in [4.78, 5) is 16.8. The first-order valence-corrected chi connectivity index (χ1v) is 10.1. The number of carbonyl (C=O) groups is 1. The standard InChI is InChI=1S/C17H20N6OS2/c1-11(2)8-23-17(20-21-22-23)26-10-16(24)19-14-6-4-5-13(7-14)15-9-25-12(3)18-15/h4-7,9,11H,8,10H2,1-3H3,(H,19,24).